The Morgan fingerprint density at radius 2 is 1.97 bits per heavy atom. The minimum absolute atomic E-state index is 0.0260. The van der Waals surface area contributed by atoms with Crippen LogP contribution in [0, 0.1) is 28.6 Å². The molecule has 6 rings (SSSR count). The molecule has 8 atom stereocenters. The minimum atomic E-state index is -0.487. The van der Waals surface area contributed by atoms with Gasteiger partial charge in [0, 0.05) is 35.5 Å². The van der Waals surface area contributed by atoms with Gasteiger partial charge >= 0.3 is 5.97 Å². The Morgan fingerprint density at radius 3 is 2.67 bits per heavy atom. The summed E-state index contributed by atoms with van der Waals surface area (Å²) in [5.74, 6) is -0.791. The summed E-state index contributed by atoms with van der Waals surface area (Å²) in [6, 6.07) is 0. The van der Waals surface area contributed by atoms with Crippen LogP contribution < -0.4 is 0 Å². The number of esters is 1. The Balaban J connectivity index is 1.50. The summed E-state index contributed by atoms with van der Waals surface area (Å²) in [6.07, 6.45) is 7.53. The normalized spacial score (nSPS) is 53.2. The van der Waals surface area contributed by atoms with Gasteiger partial charge in [0.25, 0.3) is 0 Å². The maximum absolute atomic E-state index is 12.9. The highest BCUT2D eigenvalue weighted by atomic mass is 16.6. The number of epoxide rings is 1. The van der Waals surface area contributed by atoms with Crippen molar-refractivity contribution in [2.24, 2.45) is 28.6 Å². The van der Waals surface area contributed by atoms with Crippen molar-refractivity contribution < 1.29 is 28.7 Å². The van der Waals surface area contributed by atoms with E-state index in [0.717, 1.165) is 37.7 Å². The van der Waals surface area contributed by atoms with Crippen molar-refractivity contribution in [2.75, 3.05) is 0 Å². The van der Waals surface area contributed by atoms with Crippen LogP contribution in [-0.4, -0.2) is 41.1 Å². The number of hydrogen-bond acceptors (Lipinski definition) is 6. The molecule has 2 heterocycles. The van der Waals surface area contributed by atoms with Crippen LogP contribution >= 0.6 is 0 Å². The second-order valence-corrected chi connectivity index (χ2v) is 11.0. The van der Waals surface area contributed by atoms with Crippen LogP contribution in [0.2, 0.25) is 0 Å². The van der Waals surface area contributed by atoms with Gasteiger partial charge in [-0.15, -0.1) is 0 Å². The van der Waals surface area contributed by atoms with Gasteiger partial charge in [-0.05, 0) is 50.5 Å². The maximum Gasteiger partial charge on any atom is 0.306 e. The fourth-order valence-corrected chi connectivity index (χ4v) is 8.67. The van der Waals surface area contributed by atoms with Gasteiger partial charge in [-0.25, -0.2) is 0 Å². The number of ketones is 2. The smallest absolute Gasteiger partial charge is 0.306 e. The highest BCUT2D eigenvalue weighted by molar-refractivity contribution is 6.26. The minimum Gasteiger partial charge on any atom is -0.458 e. The first-order valence-electron chi connectivity index (χ1n) is 11.3. The standard InChI is InChI=1S/C24H28O6/c1-21-6-3-14(26)9-13(21)10-15(17(27)12-25)20-16-4-7-23(8-5-19(28)30-23)22(16,2)11-18-24(20,21)29-18/h9,12,15-16,18,20H,3-8,10-11H2,1-2H3/t15-,16-,18+,20-,21-,22-,23+,24+/m0/s1. The third-order valence-electron chi connectivity index (χ3n) is 10.2. The van der Waals surface area contributed by atoms with Gasteiger partial charge in [-0.3, -0.25) is 19.2 Å². The number of rotatable bonds is 2. The number of carbonyl (C=O) groups is 4. The Labute approximate surface area is 175 Å². The molecule has 0 aromatic carbocycles. The van der Waals surface area contributed by atoms with Crippen LogP contribution in [-0.2, 0) is 28.7 Å². The molecule has 0 bridgehead atoms. The first-order chi connectivity index (χ1) is 14.2. The number of carbonyl (C=O) groups excluding carboxylic acids is 4. The van der Waals surface area contributed by atoms with E-state index >= 15 is 0 Å². The number of Topliss-reactive ketones (excluding diaryl/α,β-unsaturated/α-hetero) is 1. The SMILES string of the molecule is C[C@]12CCC(=O)C=C1C[C@@H](C(=O)C=O)[C@H]1[C@@H]3CC[C@@]4(CCC(=O)O4)[C@@]3(C)C[C@H]3O[C@@]132. The highest BCUT2D eigenvalue weighted by Gasteiger charge is 2.83. The molecule has 3 saturated carbocycles. The third kappa shape index (κ3) is 1.91. The largest absolute Gasteiger partial charge is 0.458 e. The van der Waals surface area contributed by atoms with Gasteiger partial charge in [-0.1, -0.05) is 19.4 Å². The van der Waals surface area contributed by atoms with Crippen LogP contribution in [0.3, 0.4) is 0 Å². The lowest BCUT2D eigenvalue weighted by atomic mass is 9.43. The van der Waals surface area contributed by atoms with Crippen molar-refractivity contribution in [3.63, 3.8) is 0 Å². The maximum atomic E-state index is 12.9. The molecule has 0 aromatic rings. The summed E-state index contributed by atoms with van der Waals surface area (Å²) in [5, 5.41) is 0. The van der Waals surface area contributed by atoms with Gasteiger partial charge in [0.05, 0.1) is 6.10 Å². The van der Waals surface area contributed by atoms with Gasteiger partial charge in [0.1, 0.15) is 11.2 Å². The highest BCUT2D eigenvalue weighted by Crippen LogP contribution is 2.78. The van der Waals surface area contributed by atoms with Gasteiger partial charge in [0.2, 0.25) is 0 Å². The molecule has 2 spiro atoms. The topological polar surface area (TPSA) is 90.0 Å². The van der Waals surface area contributed by atoms with E-state index in [4.69, 9.17) is 9.47 Å². The van der Waals surface area contributed by atoms with E-state index in [0.29, 0.717) is 25.5 Å². The van der Waals surface area contributed by atoms with Crippen molar-refractivity contribution in [1.29, 1.82) is 0 Å². The fraction of sp³-hybridized carbons (Fsp3) is 0.750. The summed E-state index contributed by atoms with van der Waals surface area (Å²) >= 11 is 0. The van der Waals surface area contributed by atoms with E-state index in [2.05, 4.69) is 13.8 Å². The molecule has 4 aliphatic carbocycles. The summed E-state index contributed by atoms with van der Waals surface area (Å²) in [5.41, 5.74) is -0.501. The molecule has 6 aliphatic rings. The molecule has 30 heavy (non-hydrogen) atoms. The van der Waals surface area contributed by atoms with E-state index in [9.17, 15) is 19.2 Å². The molecule has 160 valence electrons. The van der Waals surface area contributed by atoms with E-state index in [-0.39, 0.29) is 46.3 Å². The van der Waals surface area contributed by atoms with Crippen molar-refractivity contribution in [3.8, 4) is 0 Å². The summed E-state index contributed by atoms with van der Waals surface area (Å²) in [4.78, 5) is 48.8. The van der Waals surface area contributed by atoms with Crippen molar-refractivity contribution in [2.45, 2.75) is 82.5 Å². The Kier molecular flexibility index (Phi) is 3.47. The Hall–Kier alpha value is -1.82. The van der Waals surface area contributed by atoms with Crippen LogP contribution in [0.4, 0.5) is 0 Å². The molecule has 6 nitrogen and oxygen atoms in total. The Bertz CT molecular complexity index is 936. The van der Waals surface area contributed by atoms with Crippen molar-refractivity contribution in [1.82, 2.24) is 0 Å². The summed E-state index contributed by atoms with van der Waals surface area (Å²) in [7, 11) is 0. The predicted molar refractivity (Wildman–Crippen MR) is 104 cm³/mol. The van der Waals surface area contributed by atoms with Gasteiger partial charge in [-0.2, -0.15) is 0 Å². The average Bonchev–Trinajstić information content (AvgIpc) is 3.20. The zero-order chi connectivity index (χ0) is 21.1. The second kappa shape index (κ2) is 5.50. The molecule has 0 unspecified atom stereocenters. The van der Waals surface area contributed by atoms with Gasteiger partial charge in [0.15, 0.2) is 17.9 Å². The molecule has 6 heteroatoms. The number of ether oxygens (including phenoxy) is 2. The van der Waals surface area contributed by atoms with Gasteiger partial charge < -0.3 is 9.47 Å². The summed E-state index contributed by atoms with van der Waals surface area (Å²) < 4.78 is 12.6. The van der Waals surface area contributed by atoms with Crippen molar-refractivity contribution >= 4 is 23.8 Å². The fourth-order valence-electron chi connectivity index (χ4n) is 8.67. The van der Waals surface area contributed by atoms with Crippen molar-refractivity contribution in [3.05, 3.63) is 11.6 Å². The number of hydrogen-bond donors (Lipinski definition) is 0. The van der Waals surface area contributed by atoms with E-state index < -0.39 is 17.1 Å². The zero-order valence-electron chi connectivity index (χ0n) is 17.6. The first-order valence-corrected chi connectivity index (χ1v) is 11.3. The summed E-state index contributed by atoms with van der Waals surface area (Å²) in [6.45, 7) is 4.41. The van der Waals surface area contributed by atoms with E-state index in [1.807, 2.05) is 0 Å². The lowest BCUT2D eigenvalue weighted by Crippen LogP contribution is -2.63. The average molecular weight is 412 g/mol. The molecule has 2 aliphatic heterocycles. The predicted octanol–water partition coefficient (Wildman–Crippen LogP) is 2.72. The molecule has 0 amide bonds. The molecule has 0 radical (unpaired) electrons. The molecular formula is C24H28O6. The van der Waals surface area contributed by atoms with Crippen LogP contribution in [0.15, 0.2) is 11.6 Å². The molecule has 2 saturated heterocycles. The van der Waals surface area contributed by atoms with Crippen LogP contribution in [0.25, 0.3) is 0 Å². The molecule has 5 fully saturated rings. The van der Waals surface area contributed by atoms with Crippen LogP contribution in [0.5, 0.6) is 0 Å². The number of aldehydes is 1. The lowest BCUT2D eigenvalue weighted by Gasteiger charge is -2.58. The molecular weight excluding hydrogens is 384 g/mol. The Morgan fingerprint density at radius 1 is 1.17 bits per heavy atom. The first kappa shape index (κ1) is 18.9. The second-order valence-electron chi connectivity index (χ2n) is 11.0. The lowest BCUT2D eigenvalue weighted by molar-refractivity contribution is -0.167. The number of fused-ring (bicyclic) bond motifs is 4. The molecule has 0 N–H and O–H groups in total. The van der Waals surface area contributed by atoms with Crippen LogP contribution in [0.1, 0.15) is 65.2 Å². The van der Waals surface area contributed by atoms with E-state index in [1.165, 1.54) is 0 Å². The molecule has 0 aromatic heterocycles. The zero-order valence-corrected chi connectivity index (χ0v) is 17.6. The third-order valence-corrected chi connectivity index (χ3v) is 10.2. The van der Waals surface area contributed by atoms with E-state index in [1.54, 1.807) is 6.08 Å². The quantitative estimate of drug-likeness (QED) is 0.300. The monoisotopic (exact) mass is 412 g/mol.